The van der Waals surface area contributed by atoms with Gasteiger partial charge in [-0.05, 0) is 23.8 Å². The maximum Gasteiger partial charge on any atom is 0.238 e. The average molecular weight is 306 g/mol. The molecule has 3 rings (SSSR count). The van der Waals surface area contributed by atoms with Crippen molar-refractivity contribution in [3.05, 3.63) is 36.7 Å². The summed E-state index contributed by atoms with van der Waals surface area (Å²) in [5.41, 5.74) is 7.44. The first-order valence-corrected chi connectivity index (χ1v) is 7.95. The Morgan fingerprint density at radius 3 is 2.40 bits per heavy atom. The maximum absolute atomic E-state index is 11.2. The van der Waals surface area contributed by atoms with Crippen LogP contribution in [0.4, 0.5) is 5.82 Å². The van der Waals surface area contributed by atoms with Crippen LogP contribution < -0.4 is 10.9 Å². The SMILES string of the molecule is Nc1ncnc2cc(-c3ccc(S(N)(=O)=O)cc3)sc12. The smallest absolute Gasteiger partial charge is 0.238 e. The molecule has 20 heavy (non-hydrogen) atoms. The quantitative estimate of drug-likeness (QED) is 0.746. The molecule has 0 aliphatic carbocycles. The molecule has 0 aliphatic heterocycles. The van der Waals surface area contributed by atoms with Gasteiger partial charge in [-0.2, -0.15) is 0 Å². The molecule has 0 fully saturated rings. The number of nitrogen functional groups attached to an aromatic ring is 1. The van der Waals surface area contributed by atoms with Crippen molar-refractivity contribution in [2.75, 3.05) is 5.73 Å². The summed E-state index contributed by atoms with van der Waals surface area (Å²) < 4.78 is 23.2. The fourth-order valence-electron chi connectivity index (χ4n) is 1.82. The summed E-state index contributed by atoms with van der Waals surface area (Å²) in [6.45, 7) is 0. The van der Waals surface area contributed by atoms with Crippen molar-refractivity contribution in [3.63, 3.8) is 0 Å². The van der Waals surface area contributed by atoms with Crippen molar-refractivity contribution < 1.29 is 8.42 Å². The first kappa shape index (κ1) is 13.0. The van der Waals surface area contributed by atoms with Crippen LogP contribution >= 0.6 is 11.3 Å². The number of hydrogen-bond donors (Lipinski definition) is 2. The number of rotatable bonds is 2. The number of hydrogen-bond acceptors (Lipinski definition) is 6. The van der Waals surface area contributed by atoms with Crippen LogP contribution in [-0.2, 0) is 10.0 Å². The molecule has 4 N–H and O–H groups in total. The molecule has 0 atom stereocenters. The average Bonchev–Trinajstić information content (AvgIpc) is 2.83. The lowest BCUT2D eigenvalue weighted by Gasteiger charge is -2.00. The second-order valence-electron chi connectivity index (χ2n) is 4.15. The Morgan fingerprint density at radius 1 is 1.10 bits per heavy atom. The Morgan fingerprint density at radius 2 is 1.80 bits per heavy atom. The summed E-state index contributed by atoms with van der Waals surface area (Å²) in [6, 6.07) is 8.25. The van der Waals surface area contributed by atoms with Crippen molar-refractivity contribution in [1.82, 2.24) is 9.97 Å². The Balaban J connectivity index is 2.09. The predicted octanol–water partition coefficient (Wildman–Crippen LogP) is 1.59. The van der Waals surface area contributed by atoms with E-state index in [1.54, 1.807) is 12.1 Å². The Labute approximate surface area is 119 Å². The molecule has 3 aromatic rings. The molecule has 6 nitrogen and oxygen atoms in total. The van der Waals surface area contributed by atoms with Crippen LogP contribution in [0.2, 0.25) is 0 Å². The highest BCUT2D eigenvalue weighted by Crippen LogP contribution is 2.34. The number of nitrogens with zero attached hydrogens (tertiary/aromatic N) is 2. The molecule has 1 aromatic carbocycles. The minimum Gasteiger partial charge on any atom is -0.382 e. The fourth-order valence-corrected chi connectivity index (χ4v) is 3.36. The molecule has 0 saturated carbocycles. The lowest BCUT2D eigenvalue weighted by Crippen LogP contribution is -2.11. The van der Waals surface area contributed by atoms with Gasteiger partial charge in [0, 0.05) is 4.88 Å². The van der Waals surface area contributed by atoms with E-state index in [1.807, 2.05) is 6.07 Å². The minimum absolute atomic E-state index is 0.0849. The van der Waals surface area contributed by atoms with Gasteiger partial charge in [0.2, 0.25) is 10.0 Å². The lowest BCUT2D eigenvalue weighted by atomic mass is 10.2. The van der Waals surface area contributed by atoms with Gasteiger partial charge in [0.1, 0.15) is 12.1 Å². The summed E-state index contributed by atoms with van der Waals surface area (Å²) >= 11 is 1.46. The molecule has 2 heterocycles. The first-order valence-electron chi connectivity index (χ1n) is 5.58. The number of primary sulfonamides is 1. The molecular formula is C12H10N4O2S2. The number of anilines is 1. The minimum atomic E-state index is -3.67. The second-order valence-corrected chi connectivity index (χ2v) is 6.77. The van der Waals surface area contributed by atoms with Crippen molar-refractivity contribution in [2.24, 2.45) is 5.14 Å². The van der Waals surface area contributed by atoms with Crippen molar-refractivity contribution in [1.29, 1.82) is 0 Å². The molecule has 102 valence electrons. The monoisotopic (exact) mass is 306 g/mol. The Hall–Kier alpha value is -2.03. The van der Waals surface area contributed by atoms with Crippen molar-refractivity contribution >= 4 is 37.4 Å². The first-order chi connectivity index (χ1) is 9.45. The molecule has 0 aliphatic rings. The number of nitrogens with two attached hydrogens (primary N) is 2. The van der Waals surface area contributed by atoms with Gasteiger partial charge in [-0.3, -0.25) is 0 Å². The number of sulfonamides is 1. The zero-order valence-electron chi connectivity index (χ0n) is 10.1. The fraction of sp³-hybridized carbons (Fsp3) is 0. The van der Waals surface area contributed by atoms with Crippen LogP contribution in [0.3, 0.4) is 0 Å². The number of thiophene rings is 1. The topological polar surface area (TPSA) is 112 Å². The summed E-state index contributed by atoms with van der Waals surface area (Å²) in [5, 5.41) is 5.07. The van der Waals surface area contributed by atoms with Gasteiger partial charge in [-0.1, -0.05) is 12.1 Å². The van der Waals surface area contributed by atoms with Crippen LogP contribution in [0, 0.1) is 0 Å². The largest absolute Gasteiger partial charge is 0.382 e. The van der Waals surface area contributed by atoms with Gasteiger partial charge >= 0.3 is 0 Å². The normalized spacial score (nSPS) is 11.8. The molecule has 8 heteroatoms. The van der Waals surface area contributed by atoms with Crippen LogP contribution in [-0.4, -0.2) is 18.4 Å². The third kappa shape index (κ3) is 2.24. The Kier molecular flexibility index (Phi) is 2.93. The molecule has 0 bridgehead atoms. The van der Waals surface area contributed by atoms with E-state index in [4.69, 9.17) is 10.9 Å². The van der Waals surface area contributed by atoms with E-state index in [0.717, 1.165) is 20.7 Å². The molecule has 0 amide bonds. The zero-order valence-corrected chi connectivity index (χ0v) is 11.8. The van der Waals surface area contributed by atoms with E-state index < -0.39 is 10.0 Å². The van der Waals surface area contributed by atoms with E-state index in [9.17, 15) is 8.42 Å². The van der Waals surface area contributed by atoms with Crippen LogP contribution in [0.5, 0.6) is 0 Å². The molecule has 0 spiro atoms. The summed E-state index contributed by atoms with van der Waals surface area (Å²) in [6.07, 6.45) is 1.41. The lowest BCUT2D eigenvalue weighted by molar-refractivity contribution is 0.598. The highest BCUT2D eigenvalue weighted by atomic mass is 32.2. The van der Waals surface area contributed by atoms with Crippen molar-refractivity contribution in [2.45, 2.75) is 4.90 Å². The van der Waals surface area contributed by atoms with E-state index in [2.05, 4.69) is 9.97 Å². The number of aromatic nitrogens is 2. The molecule has 2 aromatic heterocycles. The Bertz CT molecular complexity index is 885. The van der Waals surface area contributed by atoms with Gasteiger partial charge < -0.3 is 5.73 Å². The molecule has 0 saturated heterocycles. The summed E-state index contributed by atoms with van der Waals surface area (Å²) in [7, 11) is -3.67. The van der Waals surface area contributed by atoms with Gasteiger partial charge in [0.15, 0.2) is 0 Å². The highest BCUT2D eigenvalue weighted by Gasteiger charge is 2.10. The highest BCUT2D eigenvalue weighted by molar-refractivity contribution is 7.89. The predicted molar refractivity (Wildman–Crippen MR) is 78.6 cm³/mol. The van der Waals surface area contributed by atoms with Crippen LogP contribution in [0.15, 0.2) is 41.6 Å². The standard InChI is InChI=1S/C12H10N4O2S2/c13-12-11-9(15-6-16-12)5-10(19-11)7-1-3-8(4-2-7)20(14,17)18/h1-6H,(H2,13,15,16)(H2,14,17,18). The molecule has 0 unspecified atom stereocenters. The number of benzene rings is 1. The van der Waals surface area contributed by atoms with E-state index in [1.165, 1.54) is 29.8 Å². The third-order valence-electron chi connectivity index (χ3n) is 2.81. The zero-order chi connectivity index (χ0) is 14.3. The summed E-state index contributed by atoms with van der Waals surface area (Å²) in [4.78, 5) is 9.11. The van der Waals surface area contributed by atoms with E-state index >= 15 is 0 Å². The van der Waals surface area contributed by atoms with Crippen LogP contribution in [0.1, 0.15) is 0 Å². The molecular weight excluding hydrogens is 296 g/mol. The van der Waals surface area contributed by atoms with Gasteiger partial charge in [-0.15, -0.1) is 11.3 Å². The molecule has 0 radical (unpaired) electrons. The maximum atomic E-state index is 11.2. The second kappa shape index (κ2) is 4.51. The van der Waals surface area contributed by atoms with Crippen molar-refractivity contribution in [3.8, 4) is 10.4 Å². The van der Waals surface area contributed by atoms with Gasteiger partial charge in [0.05, 0.1) is 15.1 Å². The van der Waals surface area contributed by atoms with Crippen LogP contribution in [0.25, 0.3) is 20.7 Å². The van der Waals surface area contributed by atoms with E-state index in [0.29, 0.717) is 5.82 Å². The van der Waals surface area contributed by atoms with Gasteiger partial charge in [0.25, 0.3) is 0 Å². The third-order valence-corrected chi connectivity index (χ3v) is 4.93. The van der Waals surface area contributed by atoms with Gasteiger partial charge in [-0.25, -0.2) is 23.5 Å². The van der Waals surface area contributed by atoms with E-state index in [-0.39, 0.29) is 4.90 Å². The number of fused-ring (bicyclic) bond motifs is 1. The summed E-state index contributed by atoms with van der Waals surface area (Å²) in [5.74, 6) is 0.437.